The van der Waals surface area contributed by atoms with Gasteiger partial charge in [-0.2, -0.15) is 0 Å². The Bertz CT molecular complexity index is 603. The summed E-state index contributed by atoms with van der Waals surface area (Å²) >= 11 is 0. The molecule has 0 aliphatic rings. The summed E-state index contributed by atoms with van der Waals surface area (Å²) in [4.78, 5) is 68.3. The number of carbonyl (C=O) groups is 7. The Labute approximate surface area is 181 Å². The first-order chi connectivity index (χ1) is 14.4. The zero-order valence-electron chi connectivity index (χ0n) is 17.3. The van der Waals surface area contributed by atoms with Gasteiger partial charge in [0.25, 0.3) is 0 Å². The minimum absolute atomic E-state index is 0.0213. The van der Waals surface area contributed by atoms with Gasteiger partial charge >= 0.3 is 29.8 Å². The van der Waals surface area contributed by atoms with E-state index in [4.69, 9.17) is 47.8 Å². The molecule has 32 heavy (non-hydrogen) atoms. The van der Waals surface area contributed by atoms with Crippen molar-refractivity contribution in [1.29, 1.82) is 0 Å². The molecular formula is C16H29N3O13. The van der Waals surface area contributed by atoms with Crippen molar-refractivity contribution in [3.8, 4) is 0 Å². The lowest BCUT2D eigenvalue weighted by Gasteiger charge is -2.01. The lowest BCUT2D eigenvalue weighted by atomic mass is 10.2. The quantitative estimate of drug-likeness (QED) is 0.112. The van der Waals surface area contributed by atoms with Crippen LogP contribution in [0.25, 0.3) is 0 Å². The highest BCUT2D eigenvalue weighted by Crippen LogP contribution is 1.93. The standard InChI is InChI=1S/C5H10N2O3.C5H9NO4.C3H6O3.C3H4O3/c2*6-3(5(9)10)1-2-4(7)8;2*1-2(4)3(5)6/h3H,1-2,6H2,(H2,7,8)(H,9,10);3H,1-2,6H2,(H,7,8)(H,9,10);2,4H,1H3,(H,5,6);1H3,(H,5,6)/i2*4+1;2*3+1. The van der Waals surface area contributed by atoms with Crippen LogP contribution in [0.4, 0.5) is 0 Å². The van der Waals surface area contributed by atoms with E-state index in [1.165, 1.54) is 6.92 Å². The van der Waals surface area contributed by atoms with Gasteiger partial charge in [0.15, 0.2) is 0 Å². The van der Waals surface area contributed by atoms with Gasteiger partial charge < -0.3 is 47.8 Å². The van der Waals surface area contributed by atoms with Crippen LogP contribution in [-0.4, -0.2) is 90.4 Å². The zero-order valence-corrected chi connectivity index (χ0v) is 17.3. The SMILES string of the molecule is CC(=O)[13C](=O)O.CC(O)[13C](=O)O.NC(CC[13C](=O)O)C(=O)O.NC(CC[13C](N)=O)C(=O)O. The van der Waals surface area contributed by atoms with Crippen molar-refractivity contribution >= 4 is 41.5 Å². The van der Waals surface area contributed by atoms with Crippen LogP contribution in [0.5, 0.6) is 0 Å². The number of aliphatic hydroxyl groups is 1. The molecule has 3 unspecified atom stereocenters. The van der Waals surface area contributed by atoms with E-state index in [2.05, 4.69) is 0 Å². The maximum absolute atomic E-state index is 10.1. The molecule has 0 saturated carbocycles. The first-order valence-electron chi connectivity index (χ1n) is 8.48. The molecule has 0 aromatic heterocycles. The Morgan fingerprint density at radius 3 is 1.16 bits per heavy atom. The number of nitrogens with two attached hydrogens (primary N) is 3. The van der Waals surface area contributed by atoms with Crippen molar-refractivity contribution in [3.63, 3.8) is 0 Å². The van der Waals surface area contributed by atoms with Crippen molar-refractivity contribution in [2.75, 3.05) is 0 Å². The highest BCUT2D eigenvalue weighted by atomic mass is 16.5. The first kappa shape index (κ1) is 35.8. The van der Waals surface area contributed by atoms with E-state index in [1.807, 2.05) is 0 Å². The molecule has 0 spiro atoms. The Kier molecular flexibility index (Phi) is 23.1. The monoisotopic (exact) mass is 475 g/mol. The van der Waals surface area contributed by atoms with Crippen molar-refractivity contribution in [2.45, 2.75) is 57.7 Å². The van der Waals surface area contributed by atoms with E-state index in [-0.39, 0.29) is 25.7 Å². The van der Waals surface area contributed by atoms with Crippen LogP contribution in [0.2, 0.25) is 0 Å². The fourth-order valence-electron chi connectivity index (χ4n) is 0.824. The van der Waals surface area contributed by atoms with E-state index in [9.17, 15) is 33.6 Å². The summed E-state index contributed by atoms with van der Waals surface area (Å²) in [6.07, 6.45) is -1.33. The first-order valence-corrected chi connectivity index (χ1v) is 8.48. The summed E-state index contributed by atoms with van der Waals surface area (Å²) < 4.78 is 0. The zero-order chi connectivity index (χ0) is 26.6. The summed E-state index contributed by atoms with van der Waals surface area (Å²) in [6, 6.07) is -2.04. The van der Waals surface area contributed by atoms with Crippen molar-refractivity contribution in [1.82, 2.24) is 0 Å². The normalized spacial score (nSPS) is 11.8. The number of ketones is 1. The van der Waals surface area contributed by atoms with Gasteiger partial charge in [-0.05, 0) is 19.8 Å². The second-order valence-corrected chi connectivity index (χ2v) is 5.70. The summed E-state index contributed by atoms with van der Waals surface area (Å²) in [6.45, 7) is 2.20. The Morgan fingerprint density at radius 1 is 0.719 bits per heavy atom. The van der Waals surface area contributed by atoms with Crippen LogP contribution in [0.1, 0.15) is 39.5 Å². The predicted octanol–water partition coefficient (Wildman–Crippen LogP) is -2.96. The predicted molar refractivity (Wildman–Crippen MR) is 104 cm³/mol. The molecule has 0 saturated heterocycles. The maximum atomic E-state index is 10.1. The largest absolute Gasteiger partial charge is 0.481 e. The molecule has 186 valence electrons. The fourth-order valence-corrected chi connectivity index (χ4v) is 0.824. The third kappa shape index (κ3) is 33.9. The second-order valence-electron chi connectivity index (χ2n) is 5.70. The Balaban J connectivity index is -0.000000168. The molecule has 0 aromatic carbocycles. The Hall–Kier alpha value is -3.63. The number of hydrogen-bond donors (Lipinski definition) is 9. The molecule has 1 amide bonds. The third-order valence-electron chi connectivity index (χ3n) is 2.66. The van der Waals surface area contributed by atoms with Gasteiger partial charge in [0.2, 0.25) is 11.7 Å². The molecule has 16 heteroatoms. The van der Waals surface area contributed by atoms with Gasteiger partial charge in [0.1, 0.15) is 18.2 Å². The highest BCUT2D eigenvalue weighted by Gasteiger charge is 2.12. The minimum Gasteiger partial charge on any atom is -0.481 e. The van der Waals surface area contributed by atoms with Gasteiger partial charge in [-0.1, -0.05) is 0 Å². The van der Waals surface area contributed by atoms with E-state index < -0.39 is 59.7 Å². The number of aliphatic hydroxyl groups excluding tert-OH is 1. The van der Waals surface area contributed by atoms with Crippen molar-refractivity contribution < 1.29 is 64.2 Å². The van der Waals surface area contributed by atoms with Crippen LogP contribution in [0.15, 0.2) is 0 Å². The number of amides is 1. The van der Waals surface area contributed by atoms with Crippen LogP contribution < -0.4 is 17.2 Å². The molecule has 3 atom stereocenters. The number of carboxylic acids is 5. The molecule has 0 heterocycles. The smallest absolute Gasteiger partial charge is 0.371 e. The van der Waals surface area contributed by atoms with Gasteiger partial charge in [-0.25, -0.2) is 9.59 Å². The molecule has 0 bridgehead atoms. The molecule has 0 aliphatic carbocycles. The van der Waals surface area contributed by atoms with Gasteiger partial charge in [0, 0.05) is 19.8 Å². The summed E-state index contributed by atoms with van der Waals surface area (Å²) in [5.41, 5.74) is 14.8. The number of carbonyl (C=O) groups excluding carboxylic acids is 2. The van der Waals surface area contributed by atoms with Crippen molar-refractivity contribution in [3.05, 3.63) is 0 Å². The topological polar surface area (TPSA) is 319 Å². The molecule has 0 aliphatic heterocycles. The molecule has 16 nitrogen and oxygen atoms in total. The number of hydrogen-bond acceptors (Lipinski definition) is 10. The fraction of sp³-hybridized carbons (Fsp3) is 0.562. The van der Waals surface area contributed by atoms with E-state index in [1.54, 1.807) is 0 Å². The van der Waals surface area contributed by atoms with E-state index in [0.29, 0.717) is 0 Å². The average Bonchev–Trinajstić information content (AvgIpc) is 2.64. The van der Waals surface area contributed by atoms with Crippen LogP contribution in [0, 0.1) is 0 Å². The van der Waals surface area contributed by atoms with E-state index >= 15 is 0 Å². The van der Waals surface area contributed by atoms with Crippen molar-refractivity contribution in [2.24, 2.45) is 17.2 Å². The lowest BCUT2D eigenvalue weighted by molar-refractivity contribution is -0.148. The van der Waals surface area contributed by atoms with Gasteiger partial charge in [-0.3, -0.25) is 24.0 Å². The number of rotatable bonds is 10. The molecule has 12 N–H and O–H groups in total. The van der Waals surface area contributed by atoms with Gasteiger partial charge in [-0.15, -0.1) is 0 Å². The third-order valence-corrected chi connectivity index (χ3v) is 2.66. The summed E-state index contributed by atoms with van der Waals surface area (Å²) in [5.74, 6) is -7.23. The summed E-state index contributed by atoms with van der Waals surface area (Å²) in [5, 5.41) is 47.9. The maximum Gasteiger partial charge on any atom is 0.371 e. The lowest BCUT2D eigenvalue weighted by Crippen LogP contribution is -2.31. The van der Waals surface area contributed by atoms with Crippen LogP contribution >= 0.6 is 0 Å². The number of Topliss-reactive ketones (excluding diaryl/α,β-unsaturated/α-hetero) is 1. The molecule has 0 aromatic rings. The number of carboxylic acid groups (broad SMARTS) is 5. The van der Waals surface area contributed by atoms with Crippen LogP contribution in [0.3, 0.4) is 0 Å². The second kappa shape index (κ2) is 20.6. The molecular weight excluding hydrogens is 446 g/mol. The Morgan fingerprint density at radius 2 is 1.00 bits per heavy atom. The number of aliphatic carboxylic acids is 5. The molecule has 0 radical (unpaired) electrons. The van der Waals surface area contributed by atoms with Gasteiger partial charge in [0.05, 0.1) is 0 Å². The molecule has 0 rings (SSSR count). The molecule has 0 fully saturated rings. The average molecular weight is 475 g/mol. The number of primary amides is 1. The van der Waals surface area contributed by atoms with Crippen LogP contribution in [-0.2, 0) is 33.6 Å². The van der Waals surface area contributed by atoms with E-state index in [0.717, 1.165) is 6.92 Å². The summed E-state index contributed by atoms with van der Waals surface area (Å²) in [7, 11) is 0. The highest BCUT2D eigenvalue weighted by molar-refractivity contribution is 6.31. The minimum atomic E-state index is -1.38.